The number of rotatable bonds is 3. The zero-order valence-electron chi connectivity index (χ0n) is 14.5. The van der Waals surface area contributed by atoms with Gasteiger partial charge in [-0.15, -0.1) is 0 Å². The Labute approximate surface area is 151 Å². The Morgan fingerprint density at radius 2 is 1.73 bits per heavy atom. The van der Waals surface area contributed by atoms with Crippen LogP contribution in [0, 0.1) is 6.92 Å². The first-order chi connectivity index (χ1) is 12.7. The minimum atomic E-state index is 0.0446. The fourth-order valence-electron chi connectivity index (χ4n) is 3.04. The van der Waals surface area contributed by atoms with E-state index in [1.165, 1.54) is 0 Å². The summed E-state index contributed by atoms with van der Waals surface area (Å²) in [6.45, 7) is 4.64. The summed E-state index contributed by atoms with van der Waals surface area (Å²) in [5.41, 5.74) is 0.673. The van der Waals surface area contributed by atoms with E-state index >= 15 is 0 Å². The van der Waals surface area contributed by atoms with Gasteiger partial charge in [-0.1, -0.05) is 0 Å². The van der Waals surface area contributed by atoms with Gasteiger partial charge >= 0.3 is 0 Å². The number of nitrogens with zero attached hydrogens (tertiary/aromatic N) is 7. The number of amides is 1. The minimum absolute atomic E-state index is 0.0446. The summed E-state index contributed by atoms with van der Waals surface area (Å²) in [4.78, 5) is 29.6. The van der Waals surface area contributed by atoms with Gasteiger partial charge in [0, 0.05) is 62.6 Å². The summed E-state index contributed by atoms with van der Waals surface area (Å²) in [6, 6.07) is 7.29. The number of carbonyl (C=O) groups is 1. The van der Waals surface area contributed by atoms with Crippen molar-refractivity contribution in [2.45, 2.75) is 6.92 Å². The van der Waals surface area contributed by atoms with Gasteiger partial charge in [-0.05, 0) is 25.1 Å². The molecule has 0 unspecified atom stereocenters. The second kappa shape index (κ2) is 6.91. The summed E-state index contributed by atoms with van der Waals surface area (Å²) < 4.78 is 1.72. The highest BCUT2D eigenvalue weighted by Crippen LogP contribution is 2.18. The molecule has 3 aromatic rings. The molecule has 3 aromatic heterocycles. The number of anilines is 1. The highest BCUT2D eigenvalue weighted by molar-refractivity contribution is 5.94. The third kappa shape index (κ3) is 3.26. The first kappa shape index (κ1) is 16.2. The first-order valence-electron chi connectivity index (χ1n) is 8.51. The monoisotopic (exact) mass is 349 g/mol. The lowest BCUT2D eigenvalue weighted by atomic mass is 10.2. The van der Waals surface area contributed by atoms with E-state index in [4.69, 9.17) is 0 Å². The Morgan fingerprint density at radius 3 is 2.42 bits per heavy atom. The number of hydrogen-bond donors (Lipinski definition) is 0. The highest BCUT2D eigenvalue weighted by Gasteiger charge is 2.23. The molecule has 1 aliphatic heterocycles. The average Bonchev–Trinajstić information content (AvgIpc) is 3.23. The Morgan fingerprint density at radius 1 is 1.00 bits per heavy atom. The Bertz CT molecular complexity index is 887. The number of aryl methyl sites for hydroxylation is 1. The van der Waals surface area contributed by atoms with Gasteiger partial charge in [0.15, 0.2) is 5.82 Å². The molecular weight excluding hydrogens is 330 g/mol. The van der Waals surface area contributed by atoms with Gasteiger partial charge in [0.1, 0.15) is 11.6 Å². The van der Waals surface area contributed by atoms with Gasteiger partial charge < -0.3 is 9.80 Å². The van der Waals surface area contributed by atoms with E-state index < -0.39 is 0 Å². The molecule has 4 heterocycles. The molecule has 26 heavy (non-hydrogen) atoms. The molecule has 1 fully saturated rings. The van der Waals surface area contributed by atoms with Crippen molar-refractivity contribution in [2.75, 3.05) is 31.1 Å². The molecule has 1 saturated heterocycles. The zero-order chi connectivity index (χ0) is 17.9. The Kier molecular flexibility index (Phi) is 4.30. The number of hydrogen-bond acceptors (Lipinski definition) is 6. The lowest BCUT2D eigenvalue weighted by Gasteiger charge is -2.35. The van der Waals surface area contributed by atoms with Crippen LogP contribution in [0.3, 0.4) is 0 Å². The highest BCUT2D eigenvalue weighted by atomic mass is 16.2. The van der Waals surface area contributed by atoms with Gasteiger partial charge in [-0.2, -0.15) is 5.10 Å². The number of pyridine rings is 1. The van der Waals surface area contributed by atoms with E-state index in [2.05, 4.69) is 25.0 Å². The van der Waals surface area contributed by atoms with E-state index in [9.17, 15) is 4.79 Å². The minimum Gasteiger partial charge on any atom is -0.353 e. The van der Waals surface area contributed by atoms with Crippen molar-refractivity contribution in [3.8, 4) is 5.82 Å². The van der Waals surface area contributed by atoms with Gasteiger partial charge in [0.2, 0.25) is 0 Å². The summed E-state index contributed by atoms with van der Waals surface area (Å²) in [7, 11) is 0. The van der Waals surface area contributed by atoms with Crippen LogP contribution in [0.4, 0.5) is 5.82 Å². The van der Waals surface area contributed by atoms with E-state index in [0.29, 0.717) is 24.5 Å². The van der Waals surface area contributed by atoms with E-state index in [1.807, 2.05) is 30.2 Å². The van der Waals surface area contributed by atoms with E-state index in [-0.39, 0.29) is 5.91 Å². The third-order valence-electron chi connectivity index (χ3n) is 4.37. The van der Waals surface area contributed by atoms with Crippen molar-refractivity contribution in [3.63, 3.8) is 0 Å². The topological polar surface area (TPSA) is 80.0 Å². The molecule has 0 aliphatic carbocycles. The molecule has 0 atom stereocenters. The van der Waals surface area contributed by atoms with Crippen molar-refractivity contribution in [3.05, 3.63) is 60.4 Å². The number of carbonyl (C=O) groups excluding carboxylic acids is 1. The van der Waals surface area contributed by atoms with Crippen molar-refractivity contribution in [1.29, 1.82) is 0 Å². The molecule has 1 aliphatic rings. The van der Waals surface area contributed by atoms with Crippen molar-refractivity contribution >= 4 is 11.7 Å². The fourth-order valence-corrected chi connectivity index (χ4v) is 3.04. The molecule has 132 valence electrons. The van der Waals surface area contributed by atoms with Crippen molar-refractivity contribution in [1.82, 2.24) is 29.6 Å². The molecule has 8 nitrogen and oxygen atoms in total. The quantitative estimate of drug-likeness (QED) is 0.710. The van der Waals surface area contributed by atoms with Gasteiger partial charge in [0.25, 0.3) is 5.91 Å². The Balaban J connectivity index is 1.47. The van der Waals surface area contributed by atoms with Crippen molar-refractivity contribution < 1.29 is 4.79 Å². The molecular formula is C18H19N7O. The maximum Gasteiger partial charge on any atom is 0.254 e. The van der Waals surface area contributed by atoms with Crippen LogP contribution in [0.5, 0.6) is 0 Å². The van der Waals surface area contributed by atoms with Crippen LogP contribution >= 0.6 is 0 Å². The van der Waals surface area contributed by atoms with Gasteiger partial charge in [-0.3, -0.25) is 9.78 Å². The molecule has 1 amide bonds. The van der Waals surface area contributed by atoms with Crippen LogP contribution in [-0.2, 0) is 0 Å². The van der Waals surface area contributed by atoms with Crippen LogP contribution in [0.2, 0.25) is 0 Å². The van der Waals surface area contributed by atoms with Gasteiger partial charge in [0.05, 0.1) is 0 Å². The second-order valence-corrected chi connectivity index (χ2v) is 6.10. The lowest BCUT2D eigenvalue weighted by molar-refractivity contribution is 0.0746. The molecule has 0 spiro atoms. The van der Waals surface area contributed by atoms with Gasteiger partial charge in [-0.25, -0.2) is 14.6 Å². The van der Waals surface area contributed by atoms with Crippen LogP contribution in [0.15, 0.2) is 49.1 Å². The van der Waals surface area contributed by atoms with E-state index in [0.717, 1.165) is 24.7 Å². The summed E-state index contributed by atoms with van der Waals surface area (Å²) in [6.07, 6.45) is 6.87. The SMILES string of the molecule is Cc1nc(N2CCN(C(=O)c3ccncc3)CC2)cc(-n2cccn2)n1. The Hall–Kier alpha value is -3.29. The summed E-state index contributed by atoms with van der Waals surface area (Å²) in [5, 5.41) is 4.23. The predicted molar refractivity (Wildman–Crippen MR) is 96.2 cm³/mol. The standard InChI is InChI=1S/C18H19N7O/c1-14-21-16(13-17(22-14)25-8-2-5-20-25)23-9-11-24(12-10-23)18(26)15-3-6-19-7-4-15/h2-8,13H,9-12H2,1H3. The van der Waals surface area contributed by atoms with Crippen LogP contribution < -0.4 is 4.90 Å². The molecule has 0 radical (unpaired) electrons. The molecule has 0 bridgehead atoms. The second-order valence-electron chi connectivity index (χ2n) is 6.10. The molecule has 0 aromatic carbocycles. The summed E-state index contributed by atoms with van der Waals surface area (Å²) in [5.74, 6) is 2.35. The van der Waals surface area contributed by atoms with Crippen LogP contribution in [0.25, 0.3) is 5.82 Å². The number of piperazine rings is 1. The maximum atomic E-state index is 12.5. The third-order valence-corrected chi connectivity index (χ3v) is 4.37. The van der Waals surface area contributed by atoms with Crippen LogP contribution in [0.1, 0.15) is 16.2 Å². The smallest absolute Gasteiger partial charge is 0.254 e. The van der Waals surface area contributed by atoms with Crippen molar-refractivity contribution in [2.24, 2.45) is 0 Å². The molecule has 4 rings (SSSR count). The molecule has 8 heteroatoms. The zero-order valence-corrected chi connectivity index (χ0v) is 14.5. The normalized spacial score (nSPS) is 14.5. The predicted octanol–water partition coefficient (Wildman–Crippen LogP) is 1.33. The molecule has 0 saturated carbocycles. The first-order valence-corrected chi connectivity index (χ1v) is 8.51. The average molecular weight is 349 g/mol. The van der Waals surface area contributed by atoms with Crippen LogP contribution in [-0.4, -0.2) is 61.7 Å². The molecule has 0 N–H and O–H groups in total. The fraction of sp³-hybridized carbons (Fsp3) is 0.278. The van der Waals surface area contributed by atoms with E-state index in [1.54, 1.807) is 35.4 Å². The largest absolute Gasteiger partial charge is 0.353 e. The lowest BCUT2D eigenvalue weighted by Crippen LogP contribution is -2.49. The number of aromatic nitrogens is 5. The maximum absolute atomic E-state index is 12.5. The summed E-state index contributed by atoms with van der Waals surface area (Å²) >= 11 is 0.